The highest BCUT2D eigenvalue weighted by Gasteiger charge is 2.16. The molecule has 0 aliphatic heterocycles. The van der Waals surface area contributed by atoms with E-state index in [-0.39, 0.29) is 12.1 Å². The monoisotopic (exact) mass is 399 g/mol. The molecule has 1 aromatic heterocycles. The number of carbonyl (C=O) groups excluding carboxylic acids is 2. The highest BCUT2D eigenvalue weighted by Crippen LogP contribution is 2.22. The molecule has 0 bridgehead atoms. The number of para-hydroxylation sites is 1. The Morgan fingerprint density at radius 1 is 1.21 bits per heavy atom. The molecule has 29 heavy (non-hydrogen) atoms. The van der Waals surface area contributed by atoms with Crippen LogP contribution in [0.1, 0.15) is 18.4 Å². The Labute approximate surface area is 164 Å². The zero-order chi connectivity index (χ0) is 20.8. The number of aromatic amines is 1. The van der Waals surface area contributed by atoms with E-state index in [0.717, 1.165) is 28.6 Å². The predicted octanol–water partition coefficient (Wildman–Crippen LogP) is 3.72. The van der Waals surface area contributed by atoms with Gasteiger partial charge >= 0.3 is 11.7 Å². The summed E-state index contributed by atoms with van der Waals surface area (Å²) in [5, 5.41) is 14.1. The van der Waals surface area contributed by atoms with Gasteiger partial charge in [-0.1, -0.05) is 18.2 Å². The molecule has 1 heterocycles. The molecule has 1 amide bonds. The maximum Gasteiger partial charge on any atom is 0.306 e. The number of H-pyrrole nitrogens is 1. The summed E-state index contributed by atoms with van der Waals surface area (Å²) in [6.45, 7) is -0.531. The molecular weight excluding hydrogens is 381 g/mol. The second-order valence-electron chi connectivity index (χ2n) is 6.35. The third-order valence-corrected chi connectivity index (χ3v) is 4.29. The lowest BCUT2D eigenvalue weighted by Crippen LogP contribution is -2.21. The first-order valence-corrected chi connectivity index (χ1v) is 8.88. The van der Waals surface area contributed by atoms with Gasteiger partial charge in [0.25, 0.3) is 5.91 Å². The number of ether oxygens (including phenoxy) is 1. The van der Waals surface area contributed by atoms with Crippen LogP contribution in [0.25, 0.3) is 10.9 Å². The summed E-state index contributed by atoms with van der Waals surface area (Å²) in [4.78, 5) is 36.7. The Balaban J connectivity index is 1.43. The first-order valence-electron chi connectivity index (χ1n) is 8.88. The molecule has 0 aliphatic carbocycles. The lowest BCUT2D eigenvalue weighted by molar-refractivity contribution is -0.387. The second kappa shape index (κ2) is 8.96. The van der Waals surface area contributed by atoms with Crippen molar-refractivity contribution in [2.24, 2.45) is 0 Å². The van der Waals surface area contributed by atoms with Crippen molar-refractivity contribution in [2.45, 2.75) is 19.3 Å². The first kappa shape index (κ1) is 20.0. The molecule has 9 heteroatoms. The van der Waals surface area contributed by atoms with Crippen molar-refractivity contribution in [3.63, 3.8) is 0 Å². The fourth-order valence-electron chi connectivity index (χ4n) is 2.91. The fraction of sp³-hybridized carbons (Fsp3) is 0.200. The number of nitro benzene ring substituents is 1. The van der Waals surface area contributed by atoms with Crippen molar-refractivity contribution in [1.82, 2.24) is 4.98 Å². The minimum atomic E-state index is -1.00. The highest BCUT2D eigenvalue weighted by molar-refractivity contribution is 5.93. The third kappa shape index (κ3) is 5.16. The van der Waals surface area contributed by atoms with Gasteiger partial charge in [0, 0.05) is 35.3 Å². The van der Waals surface area contributed by atoms with Gasteiger partial charge in [0.05, 0.1) is 4.92 Å². The Morgan fingerprint density at radius 3 is 2.79 bits per heavy atom. The molecule has 8 nitrogen and oxygen atoms in total. The summed E-state index contributed by atoms with van der Waals surface area (Å²) in [5.74, 6) is -2.20. The summed E-state index contributed by atoms with van der Waals surface area (Å²) in [5.41, 5.74) is 1.42. The number of aromatic nitrogens is 1. The van der Waals surface area contributed by atoms with E-state index in [4.69, 9.17) is 4.74 Å². The van der Waals surface area contributed by atoms with Gasteiger partial charge in [-0.05, 0) is 36.6 Å². The van der Waals surface area contributed by atoms with Crippen LogP contribution in [-0.2, 0) is 20.7 Å². The van der Waals surface area contributed by atoms with E-state index in [0.29, 0.717) is 12.8 Å². The van der Waals surface area contributed by atoms with E-state index in [1.54, 1.807) is 0 Å². The standard InChI is InChI=1S/C20H18FN3O5/c21-16-9-8-14(10-18(16)24(27)28)23-19(25)12-29-20(26)7-3-4-13-11-22-17-6-2-1-5-15(13)17/h1-2,5-6,8-11,22H,3-4,7,12H2,(H,23,25). The van der Waals surface area contributed by atoms with Gasteiger partial charge in [0.1, 0.15) is 0 Å². The smallest absolute Gasteiger partial charge is 0.306 e. The molecule has 0 atom stereocenters. The molecule has 2 N–H and O–H groups in total. The van der Waals surface area contributed by atoms with Crippen molar-refractivity contribution in [1.29, 1.82) is 0 Å². The van der Waals surface area contributed by atoms with Crippen LogP contribution in [0, 0.1) is 15.9 Å². The largest absolute Gasteiger partial charge is 0.456 e. The van der Waals surface area contributed by atoms with Crippen LogP contribution < -0.4 is 5.32 Å². The van der Waals surface area contributed by atoms with Crippen LogP contribution in [-0.4, -0.2) is 28.4 Å². The molecule has 0 saturated carbocycles. The number of esters is 1. The van der Waals surface area contributed by atoms with Crippen LogP contribution in [0.5, 0.6) is 0 Å². The number of rotatable bonds is 8. The van der Waals surface area contributed by atoms with Gasteiger partial charge in [-0.2, -0.15) is 4.39 Å². The van der Waals surface area contributed by atoms with E-state index in [2.05, 4.69) is 10.3 Å². The summed E-state index contributed by atoms with van der Waals surface area (Å²) in [7, 11) is 0. The van der Waals surface area contributed by atoms with Gasteiger partial charge in [0.15, 0.2) is 6.61 Å². The molecular formula is C20H18FN3O5. The van der Waals surface area contributed by atoms with Crippen molar-refractivity contribution >= 4 is 34.2 Å². The number of nitro groups is 1. The molecule has 0 fully saturated rings. The summed E-state index contributed by atoms with van der Waals surface area (Å²) in [6.07, 6.45) is 3.30. The SMILES string of the molecule is O=C(COC(=O)CCCc1c[nH]c2ccccc12)Nc1ccc(F)c([N+](=O)[O-])c1. The van der Waals surface area contributed by atoms with E-state index in [1.807, 2.05) is 30.5 Å². The fourth-order valence-corrected chi connectivity index (χ4v) is 2.91. The zero-order valence-corrected chi connectivity index (χ0v) is 15.3. The van der Waals surface area contributed by atoms with Crippen LogP contribution >= 0.6 is 0 Å². The third-order valence-electron chi connectivity index (χ3n) is 4.29. The number of carbonyl (C=O) groups is 2. The number of aryl methyl sites for hydroxylation is 1. The average molecular weight is 399 g/mol. The molecule has 150 valence electrons. The second-order valence-corrected chi connectivity index (χ2v) is 6.35. The van der Waals surface area contributed by atoms with Gasteiger partial charge in [-0.3, -0.25) is 19.7 Å². The van der Waals surface area contributed by atoms with Gasteiger partial charge in [-0.15, -0.1) is 0 Å². The summed E-state index contributed by atoms with van der Waals surface area (Å²) >= 11 is 0. The summed E-state index contributed by atoms with van der Waals surface area (Å²) in [6, 6.07) is 10.8. The lowest BCUT2D eigenvalue weighted by atomic mass is 10.1. The molecule has 0 spiro atoms. The van der Waals surface area contributed by atoms with Crippen LogP contribution in [0.2, 0.25) is 0 Å². The number of halogens is 1. The number of fused-ring (bicyclic) bond motifs is 1. The van der Waals surface area contributed by atoms with E-state index >= 15 is 0 Å². The quantitative estimate of drug-likeness (QED) is 0.340. The topological polar surface area (TPSA) is 114 Å². The van der Waals surface area contributed by atoms with E-state index in [1.165, 1.54) is 6.07 Å². The number of nitrogens with one attached hydrogen (secondary N) is 2. The molecule has 3 aromatic rings. The number of hydrogen-bond donors (Lipinski definition) is 2. The average Bonchev–Trinajstić information content (AvgIpc) is 3.11. The molecule has 0 aliphatic rings. The summed E-state index contributed by atoms with van der Waals surface area (Å²) < 4.78 is 18.2. The number of benzene rings is 2. The molecule has 2 aromatic carbocycles. The van der Waals surface area contributed by atoms with Crippen LogP contribution in [0.3, 0.4) is 0 Å². The Morgan fingerprint density at radius 2 is 2.00 bits per heavy atom. The number of hydrogen-bond acceptors (Lipinski definition) is 5. The first-order chi connectivity index (χ1) is 13.9. The highest BCUT2D eigenvalue weighted by atomic mass is 19.1. The molecule has 0 saturated heterocycles. The minimum Gasteiger partial charge on any atom is -0.456 e. The minimum absolute atomic E-state index is 0.0403. The molecule has 3 rings (SSSR count). The Hall–Kier alpha value is -3.75. The number of nitrogens with zero attached hydrogens (tertiary/aromatic N) is 1. The lowest BCUT2D eigenvalue weighted by Gasteiger charge is -2.07. The maximum absolute atomic E-state index is 13.3. The van der Waals surface area contributed by atoms with Crippen molar-refractivity contribution < 1.29 is 23.6 Å². The zero-order valence-electron chi connectivity index (χ0n) is 15.3. The maximum atomic E-state index is 13.3. The van der Waals surface area contributed by atoms with Gasteiger partial charge in [0.2, 0.25) is 5.82 Å². The number of amides is 1. The molecule has 0 unspecified atom stereocenters. The van der Waals surface area contributed by atoms with Crippen LogP contribution in [0.4, 0.5) is 15.8 Å². The van der Waals surface area contributed by atoms with Crippen molar-refractivity contribution in [2.75, 3.05) is 11.9 Å². The molecule has 0 radical (unpaired) electrons. The van der Waals surface area contributed by atoms with Gasteiger partial charge in [-0.25, -0.2) is 0 Å². The van der Waals surface area contributed by atoms with Crippen molar-refractivity contribution in [3.05, 3.63) is 70.2 Å². The van der Waals surface area contributed by atoms with E-state index in [9.17, 15) is 24.1 Å². The predicted molar refractivity (Wildman–Crippen MR) is 104 cm³/mol. The Kier molecular flexibility index (Phi) is 6.18. The van der Waals surface area contributed by atoms with E-state index < -0.39 is 34.9 Å². The Bertz CT molecular complexity index is 1060. The normalized spacial score (nSPS) is 10.7. The number of anilines is 1. The van der Waals surface area contributed by atoms with Crippen LogP contribution in [0.15, 0.2) is 48.7 Å². The van der Waals surface area contributed by atoms with Crippen molar-refractivity contribution in [3.8, 4) is 0 Å². The van der Waals surface area contributed by atoms with Gasteiger partial charge < -0.3 is 15.0 Å².